The van der Waals surface area contributed by atoms with E-state index in [9.17, 15) is 4.79 Å². The van der Waals surface area contributed by atoms with Crippen LogP contribution in [0.3, 0.4) is 0 Å². The van der Waals surface area contributed by atoms with Gasteiger partial charge in [0.25, 0.3) is 5.91 Å². The number of thioether (sulfide) groups is 1. The van der Waals surface area contributed by atoms with Gasteiger partial charge in [-0.1, -0.05) is 45.9 Å². The van der Waals surface area contributed by atoms with Gasteiger partial charge >= 0.3 is 0 Å². The average Bonchev–Trinajstić information content (AvgIpc) is 3.15. The van der Waals surface area contributed by atoms with Gasteiger partial charge in [0, 0.05) is 16.9 Å². The number of carbonyl (C=O) groups is 1. The van der Waals surface area contributed by atoms with E-state index in [2.05, 4.69) is 46.3 Å². The summed E-state index contributed by atoms with van der Waals surface area (Å²) in [6.07, 6.45) is 9.17. The van der Waals surface area contributed by atoms with Crippen LogP contribution in [-0.2, 0) is 16.8 Å². The third-order valence-electron chi connectivity index (χ3n) is 5.29. The van der Waals surface area contributed by atoms with Crippen LogP contribution in [0.15, 0.2) is 39.8 Å². The molecule has 2 spiro atoms. The van der Waals surface area contributed by atoms with Gasteiger partial charge in [-0.25, -0.2) is 4.99 Å². The smallest absolute Gasteiger partial charge is 0.261 e. The summed E-state index contributed by atoms with van der Waals surface area (Å²) in [5.41, 5.74) is 1.48. The van der Waals surface area contributed by atoms with Gasteiger partial charge in [0.2, 0.25) is 0 Å². The SMILES string of the molecule is CSC1=NC2(C(=O)N1C)c1cc(Br)ccc1CC21CC=CC1. The van der Waals surface area contributed by atoms with Crippen molar-refractivity contribution in [3.8, 4) is 0 Å². The van der Waals surface area contributed by atoms with E-state index in [0.717, 1.165) is 34.5 Å². The topological polar surface area (TPSA) is 32.7 Å². The fourth-order valence-corrected chi connectivity index (χ4v) is 5.20. The molecule has 1 unspecified atom stereocenters. The first-order valence-corrected chi connectivity index (χ1v) is 9.42. The molecule has 0 aromatic heterocycles. The lowest BCUT2D eigenvalue weighted by Gasteiger charge is -2.37. The molecule has 0 saturated heterocycles. The van der Waals surface area contributed by atoms with Crippen LogP contribution >= 0.6 is 27.7 Å². The molecule has 3 aliphatic rings. The van der Waals surface area contributed by atoms with Crippen molar-refractivity contribution in [1.29, 1.82) is 0 Å². The molecule has 1 aromatic carbocycles. The van der Waals surface area contributed by atoms with Crippen molar-refractivity contribution < 1.29 is 4.79 Å². The number of benzene rings is 1. The maximum atomic E-state index is 13.3. The third kappa shape index (κ3) is 1.59. The van der Waals surface area contributed by atoms with Crippen LogP contribution in [0.25, 0.3) is 0 Å². The van der Waals surface area contributed by atoms with Crippen molar-refractivity contribution in [3.05, 3.63) is 46.0 Å². The average molecular weight is 377 g/mol. The second kappa shape index (κ2) is 4.71. The Morgan fingerprint density at radius 1 is 1.32 bits per heavy atom. The Balaban J connectivity index is 2.00. The standard InChI is InChI=1S/C17H17BrN2OS/c1-20-14(21)17(19-15(20)22-2)13-9-12(18)6-5-11(13)10-16(17)7-3-4-8-16/h3-6,9H,7-8,10H2,1-2H3. The van der Waals surface area contributed by atoms with Gasteiger partial charge in [-0.05, 0) is 48.8 Å². The molecule has 2 aliphatic carbocycles. The van der Waals surface area contributed by atoms with Crippen molar-refractivity contribution >= 4 is 38.8 Å². The zero-order valence-electron chi connectivity index (χ0n) is 12.6. The highest BCUT2D eigenvalue weighted by atomic mass is 79.9. The maximum absolute atomic E-state index is 13.3. The fourth-order valence-electron chi connectivity index (χ4n) is 4.26. The minimum absolute atomic E-state index is 0.123. The molecular formula is C17H17BrN2OS. The van der Waals surface area contributed by atoms with E-state index in [1.165, 1.54) is 5.56 Å². The van der Waals surface area contributed by atoms with Gasteiger partial charge in [0.15, 0.2) is 10.7 Å². The zero-order valence-corrected chi connectivity index (χ0v) is 15.0. The molecule has 1 heterocycles. The number of amides is 1. The van der Waals surface area contributed by atoms with E-state index in [4.69, 9.17) is 4.99 Å². The largest absolute Gasteiger partial charge is 0.292 e. The van der Waals surface area contributed by atoms with Gasteiger partial charge in [0.05, 0.1) is 0 Å². The lowest BCUT2D eigenvalue weighted by atomic mass is 9.68. The number of carbonyl (C=O) groups excluding carboxylic acids is 1. The maximum Gasteiger partial charge on any atom is 0.261 e. The first-order valence-electron chi connectivity index (χ1n) is 7.40. The summed E-state index contributed by atoms with van der Waals surface area (Å²) < 4.78 is 1.01. The van der Waals surface area contributed by atoms with Crippen LogP contribution in [0.4, 0.5) is 0 Å². The van der Waals surface area contributed by atoms with E-state index in [-0.39, 0.29) is 11.3 Å². The molecule has 3 nitrogen and oxygen atoms in total. The van der Waals surface area contributed by atoms with Crippen LogP contribution in [-0.4, -0.2) is 29.3 Å². The highest BCUT2D eigenvalue weighted by molar-refractivity contribution is 9.10. The summed E-state index contributed by atoms with van der Waals surface area (Å²) >= 11 is 5.11. The molecule has 0 fully saturated rings. The Labute approximate surface area is 143 Å². The minimum atomic E-state index is -0.747. The molecule has 0 saturated carbocycles. The van der Waals surface area contributed by atoms with Crippen LogP contribution in [0.5, 0.6) is 0 Å². The van der Waals surface area contributed by atoms with Crippen molar-refractivity contribution in [3.63, 3.8) is 0 Å². The van der Waals surface area contributed by atoms with Crippen molar-refractivity contribution in [2.24, 2.45) is 10.4 Å². The molecule has 1 aromatic rings. The molecule has 1 aliphatic heterocycles. The Hall–Kier alpha value is -1.07. The van der Waals surface area contributed by atoms with Crippen LogP contribution in [0.1, 0.15) is 24.0 Å². The summed E-state index contributed by atoms with van der Waals surface area (Å²) in [7, 11) is 1.85. The Morgan fingerprint density at radius 3 is 2.68 bits per heavy atom. The molecule has 22 heavy (non-hydrogen) atoms. The number of halogens is 1. The Morgan fingerprint density at radius 2 is 2.05 bits per heavy atom. The zero-order chi connectivity index (χ0) is 15.5. The molecule has 5 heteroatoms. The number of aliphatic imine (C=N–C) groups is 1. The van der Waals surface area contributed by atoms with Crippen LogP contribution in [0, 0.1) is 5.41 Å². The van der Waals surface area contributed by atoms with E-state index in [1.54, 1.807) is 16.7 Å². The molecule has 0 bridgehead atoms. The van der Waals surface area contributed by atoms with E-state index in [1.807, 2.05) is 13.3 Å². The molecule has 4 rings (SSSR count). The number of likely N-dealkylation sites (N-methyl/N-ethyl adjacent to an activating group) is 1. The van der Waals surface area contributed by atoms with Crippen LogP contribution < -0.4 is 0 Å². The van der Waals surface area contributed by atoms with Gasteiger partial charge in [0.1, 0.15) is 0 Å². The van der Waals surface area contributed by atoms with Gasteiger partial charge in [-0.15, -0.1) is 0 Å². The number of allylic oxidation sites excluding steroid dienone is 2. The molecule has 0 N–H and O–H groups in total. The number of hydrogen-bond donors (Lipinski definition) is 0. The summed E-state index contributed by atoms with van der Waals surface area (Å²) in [5.74, 6) is 0.123. The number of hydrogen-bond acceptors (Lipinski definition) is 3. The number of fused-ring (bicyclic) bond motifs is 3. The molecule has 114 valence electrons. The van der Waals surface area contributed by atoms with Gasteiger partial charge in [-0.3, -0.25) is 9.69 Å². The number of nitrogens with zero attached hydrogens (tertiary/aromatic N) is 2. The number of rotatable bonds is 0. The van der Waals surface area contributed by atoms with E-state index in [0.29, 0.717) is 0 Å². The molecular weight excluding hydrogens is 360 g/mol. The predicted molar refractivity (Wildman–Crippen MR) is 94.1 cm³/mol. The Bertz CT molecular complexity index is 734. The highest BCUT2D eigenvalue weighted by Crippen LogP contribution is 2.61. The highest BCUT2D eigenvalue weighted by Gasteiger charge is 2.65. The monoisotopic (exact) mass is 376 g/mol. The summed E-state index contributed by atoms with van der Waals surface area (Å²) in [4.78, 5) is 20.0. The summed E-state index contributed by atoms with van der Waals surface area (Å²) in [5, 5.41) is 0.823. The molecule has 1 amide bonds. The molecule has 1 atom stereocenters. The van der Waals surface area contributed by atoms with Crippen molar-refractivity contribution in [1.82, 2.24) is 4.90 Å². The van der Waals surface area contributed by atoms with Gasteiger partial charge in [-0.2, -0.15) is 0 Å². The first-order chi connectivity index (χ1) is 10.5. The summed E-state index contributed by atoms with van der Waals surface area (Å²) in [6.45, 7) is 0. The third-order valence-corrected chi connectivity index (χ3v) is 6.51. The van der Waals surface area contributed by atoms with E-state index < -0.39 is 5.54 Å². The normalized spacial score (nSPS) is 28.0. The minimum Gasteiger partial charge on any atom is -0.292 e. The second-order valence-corrected chi connectivity index (χ2v) is 8.00. The van der Waals surface area contributed by atoms with Crippen molar-refractivity contribution in [2.75, 3.05) is 13.3 Å². The first kappa shape index (κ1) is 14.5. The van der Waals surface area contributed by atoms with Crippen molar-refractivity contribution in [2.45, 2.75) is 24.8 Å². The van der Waals surface area contributed by atoms with E-state index >= 15 is 0 Å². The molecule has 0 radical (unpaired) electrons. The number of amidine groups is 1. The van der Waals surface area contributed by atoms with Crippen LogP contribution in [0.2, 0.25) is 0 Å². The second-order valence-electron chi connectivity index (χ2n) is 6.31. The summed E-state index contributed by atoms with van der Waals surface area (Å²) in [6, 6.07) is 6.31. The predicted octanol–water partition coefficient (Wildman–Crippen LogP) is 3.73. The fraction of sp³-hybridized carbons (Fsp3) is 0.412. The lowest BCUT2D eigenvalue weighted by Crippen LogP contribution is -2.47. The lowest BCUT2D eigenvalue weighted by molar-refractivity contribution is -0.134. The van der Waals surface area contributed by atoms with Gasteiger partial charge < -0.3 is 0 Å². The quantitative estimate of drug-likeness (QED) is 0.646. The Kier molecular flexibility index (Phi) is 3.11.